The molecule has 2 aliphatic rings. The molecule has 174 valence electrons. The summed E-state index contributed by atoms with van der Waals surface area (Å²) in [4.78, 5) is 0. The minimum Gasteiger partial charge on any atom is -0.405 e. The molecule has 32 heavy (non-hydrogen) atoms. The molecule has 0 N–H and O–H groups in total. The molecule has 0 aromatic heterocycles. The van der Waals surface area contributed by atoms with Crippen molar-refractivity contribution in [3.05, 3.63) is 60.7 Å². The number of rotatable bonds is 6. The molecule has 2 aromatic rings. The van der Waals surface area contributed by atoms with Crippen molar-refractivity contribution in [3.8, 4) is 0 Å². The lowest BCUT2D eigenvalue weighted by molar-refractivity contribution is -0.221. The van der Waals surface area contributed by atoms with Crippen LogP contribution in [-0.4, -0.2) is 39.2 Å². The molecule has 0 spiro atoms. The van der Waals surface area contributed by atoms with Crippen LogP contribution in [0.4, 0.5) is 0 Å². The lowest BCUT2D eigenvalue weighted by Gasteiger charge is -2.44. The summed E-state index contributed by atoms with van der Waals surface area (Å²) in [6.45, 7) is 15.8. The van der Waals surface area contributed by atoms with E-state index < -0.39 is 14.1 Å². The Labute approximate surface area is 194 Å². The fourth-order valence-corrected chi connectivity index (χ4v) is 9.95. The Morgan fingerprint density at radius 1 is 0.875 bits per heavy atom. The highest BCUT2D eigenvalue weighted by molar-refractivity contribution is 6.99. The van der Waals surface area contributed by atoms with Crippen molar-refractivity contribution in [2.24, 2.45) is 5.41 Å². The van der Waals surface area contributed by atoms with Crippen molar-refractivity contribution < 1.29 is 18.6 Å². The van der Waals surface area contributed by atoms with E-state index in [4.69, 9.17) is 18.6 Å². The average Bonchev–Trinajstić information content (AvgIpc) is 3.19. The molecule has 0 amide bonds. The van der Waals surface area contributed by atoms with Gasteiger partial charge in [0.2, 0.25) is 0 Å². The number of ether oxygens (including phenoxy) is 3. The summed E-state index contributed by atoms with van der Waals surface area (Å²) in [5.41, 5.74) is -0.177. The topological polar surface area (TPSA) is 36.9 Å². The first-order chi connectivity index (χ1) is 15.0. The number of hydrogen-bond acceptors (Lipinski definition) is 4. The van der Waals surface area contributed by atoms with E-state index in [1.165, 1.54) is 10.4 Å². The summed E-state index contributed by atoms with van der Waals surface area (Å²) >= 11 is 0. The Balaban J connectivity index is 1.70. The second-order valence-electron chi connectivity index (χ2n) is 10.9. The predicted octanol–water partition coefficient (Wildman–Crippen LogP) is 4.86. The van der Waals surface area contributed by atoms with Gasteiger partial charge < -0.3 is 18.6 Å². The zero-order valence-electron chi connectivity index (χ0n) is 20.6. The molecule has 4 rings (SSSR count). The van der Waals surface area contributed by atoms with Crippen LogP contribution < -0.4 is 10.4 Å². The first kappa shape index (κ1) is 23.6. The Kier molecular flexibility index (Phi) is 6.19. The summed E-state index contributed by atoms with van der Waals surface area (Å²) < 4.78 is 26.0. The molecule has 2 fully saturated rings. The molecular weight excluding hydrogens is 416 g/mol. The van der Waals surface area contributed by atoms with E-state index in [0.29, 0.717) is 6.61 Å². The van der Waals surface area contributed by atoms with Crippen molar-refractivity contribution in [2.45, 2.75) is 84.2 Å². The minimum absolute atomic E-state index is 0.0677. The van der Waals surface area contributed by atoms with Gasteiger partial charge in [-0.2, -0.15) is 0 Å². The van der Waals surface area contributed by atoms with Gasteiger partial charge >= 0.3 is 0 Å². The van der Waals surface area contributed by atoms with Gasteiger partial charge in [-0.1, -0.05) is 95.3 Å². The fourth-order valence-electron chi connectivity index (χ4n) is 5.40. The van der Waals surface area contributed by atoms with Crippen molar-refractivity contribution in [1.29, 1.82) is 0 Å². The van der Waals surface area contributed by atoms with Gasteiger partial charge in [0.25, 0.3) is 8.32 Å². The second-order valence-corrected chi connectivity index (χ2v) is 15.2. The first-order valence-electron chi connectivity index (χ1n) is 11.8. The predicted molar refractivity (Wildman–Crippen MR) is 131 cm³/mol. The molecule has 4 atom stereocenters. The maximum Gasteiger partial charge on any atom is 0.261 e. The van der Waals surface area contributed by atoms with E-state index in [1.54, 1.807) is 0 Å². The smallest absolute Gasteiger partial charge is 0.261 e. The van der Waals surface area contributed by atoms with Crippen LogP contribution in [0, 0.1) is 5.41 Å². The van der Waals surface area contributed by atoms with Crippen LogP contribution in [-0.2, 0) is 18.6 Å². The Hall–Kier alpha value is -1.50. The molecule has 2 aromatic carbocycles. The number of benzene rings is 2. The molecule has 5 heteroatoms. The van der Waals surface area contributed by atoms with Gasteiger partial charge in [-0.25, -0.2) is 0 Å². The van der Waals surface area contributed by atoms with Crippen molar-refractivity contribution in [3.63, 3.8) is 0 Å². The van der Waals surface area contributed by atoms with Gasteiger partial charge in [0.15, 0.2) is 12.1 Å². The lowest BCUT2D eigenvalue weighted by atomic mass is 9.78. The van der Waals surface area contributed by atoms with Crippen LogP contribution >= 0.6 is 0 Å². The van der Waals surface area contributed by atoms with E-state index in [9.17, 15) is 0 Å². The van der Waals surface area contributed by atoms with Crippen LogP contribution in [0.25, 0.3) is 0 Å². The van der Waals surface area contributed by atoms with Crippen LogP contribution in [0.3, 0.4) is 0 Å². The van der Waals surface area contributed by atoms with Crippen molar-refractivity contribution in [2.75, 3.05) is 6.61 Å². The fraction of sp³-hybridized carbons (Fsp3) is 0.556. The van der Waals surface area contributed by atoms with E-state index in [-0.39, 0.29) is 29.0 Å². The lowest BCUT2D eigenvalue weighted by Crippen LogP contribution is -2.67. The SMILES string of the molecule is CC[C@]1(C)[C@@H](CO[Si](c2ccccc2)(c2ccccc2)C(C)(C)C)O[C@@H]2OC(C)(C)O[C@@H]21. The second kappa shape index (κ2) is 8.37. The van der Waals surface area contributed by atoms with Gasteiger partial charge in [0, 0.05) is 5.41 Å². The highest BCUT2D eigenvalue weighted by atomic mass is 28.4. The standard InChI is InChI=1S/C27H38O4Si/c1-8-27(7)22(29-24-23(27)30-26(5,6)31-24)19-28-32(25(2,3)4,20-15-11-9-12-16-20)21-17-13-10-14-18-21/h9-18,22-24H,8,19H2,1-7H3/t22-,23+,24-,27-/m1/s1. The molecule has 2 aliphatic heterocycles. The van der Waals surface area contributed by atoms with Crippen LogP contribution in [0.5, 0.6) is 0 Å². The maximum atomic E-state index is 7.17. The van der Waals surface area contributed by atoms with Crippen LogP contribution in [0.15, 0.2) is 60.7 Å². The summed E-state index contributed by atoms with van der Waals surface area (Å²) in [5, 5.41) is 2.49. The third-order valence-electron chi connectivity index (χ3n) is 7.37. The zero-order chi connectivity index (χ0) is 23.2. The quantitative estimate of drug-likeness (QED) is 0.585. The highest BCUT2D eigenvalue weighted by Gasteiger charge is 2.61. The van der Waals surface area contributed by atoms with Crippen molar-refractivity contribution >= 4 is 18.7 Å². The molecule has 0 aliphatic carbocycles. The molecule has 2 saturated heterocycles. The molecule has 0 radical (unpaired) electrons. The van der Waals surface area contributed by atoms with Gasteiger partial charge in [-0.3, -0.25) is 0 Å². The van der Waals surface area contributed by atoms with Crippen LogP contribution in [0.2, 0.25) is 5.04 Å². The van der Waals surface area contributed by atoms with Gasteiger partial charge in [0.05, 0.1) is 12.7 Å². The number of fused-ring (bicyclic) bond motifs is 1. The van der Waals surface area contributed by atoms with Gasteiger partial charge in [-0.15, -0.1) is 0 Å². The monoisotopic (exact) mass is 454 g/mol. The Bertz CT molecular complexity index is 869. The van der Waals surface area contributed by atoms with E-state index in [1.807, 2.05) is 13.8 Å². The summed E-state index contributed by atoms with van der Waals surface area (Å²) in [6.07, 6.45) is 0.403. The largest absolute Gasteiger partial charge is 0.405 e. The molecule has 0 bridgehead atoms. The Morgan fingerprint density at radius 3 is 1.88 bits per heavy atom. The molecule has 0 unspecified atom stereocenters. The third kappa shape index (κ3) is 3.88. The average molecular weight is 455 g/mol. The summed E-state index contributed by atoms with van der Waals surface area (Å²) in [6, 6.07) is 21.5. The van der Waals surface area contributed by atoms with Gasteiger partial charge in [-0.05, 0) is 35.7 Å². The summed E-state index contributed by atoms with van der Waals surface area (Å²) in [7, 11) is -2.62. The molecular formula is C27H38O4Si. The summed E-state index contributed by atoms with van der Waals surface area (Å²) in [5.74, 6) is -0.615. The highest BCUT2D eigenvalue weighted by Crippen LogP contribution is 2.50. The van der Waals surface area contributed by atoms with Crippen LogP contribution in [0.1, 0.15) is 54.9 Å². The third-order valence-corrected chi connectivity index (χ3v) is 12.4. The van der Waals surface area contributed by atoms with Gasteiger partial charge in [0.1, 0.15) is 6.10 Å². The maximum absolute atomic E-state index is 7.17. The normalized spacial score (nSPS) is 29.8. The minimum atomic E-state index is -2.62. The Morgan fingerprint density at radius 2 is 1.41 bits per heavy atom. The molecule has 2 heterocycles. The first-order valence-corrected chi connectivity index (χ1v) is 13.7. The van der Waals surface area contributed by atoms with Crippen molar-refractivity contribution in [1.82, 2.24) is 0 Å². The number of hydrogen-bond donors (Lipinski definition) is 0. The molecule has 0 saturated carbocycles. The van der Waals surface area contributed by atoms with E-state index >= 15 is 0 Å². The zero-order valence-corrected chi connectivity index (χ0v) is 21.6. The van der Waals surface area contributed by atoms with E-state index in [2.05, 4.69) is 95.3 Å². The van der Waals surface area contributed by atoms with E-state index in [0.717, 1.165) is 6.42 Å². The molecule has 4 nitrogen and oxygen atoms in total.